The predicted molar refractivity (Wildman–Crippen MR) is 92.1 cm³/mol. The third kappa shape index (κ3) is 2.57. The number of aryl methyl sites for hydroxylation is 1. The number of hydrogen-bond acceptors (Lipinski definition) is 6. The Morgan fingerprint density at radius 3 is 2.76 bits per heavy atom. The molecule has 1 aromatic heterocycles. The van der Waals surface area contributed by atoms with Crippen molar-refractivity contribution in [2.24, 2.45) is 0 Å². The van der Waals surface area contributed by atoms with Gasteiger partial charge in [-0.1, -0.05) is 0 Å². The number of nitriles is 1. The highest BCUT2D eigenvalue weighted by Gasteiger charge is 2.29. The van der Waals surface area contributed by atoms with Gasteiger partial charge in [0.15, 0.2) is 5.56 Å². The fraction of sp³-hybridized carbons (Fsp3) is 0.368. The summed E-state index contributed by atoms with van der Waals surface area (Å²) in [7, 11) is 1.63. The fourth-order valence-electron chi connectivity index (χ4n) is 3.63. The van der Waals surface area contributed by atoms with E-state index >= 15 is 0 Å². The van der Waals surface area contributed by atoms with E-state index < -0.39 is 5.63 Å². The summed E-state index contributed by atoms with van der Waals surface area (Å²) < 4.78 is 16.3. The van der Waals surface area contributed by atoms with Gasteiger partial charge in [-0.15, -0.1) is 0 Å². The SMILES string of the molecule is COc1ccc2c(c1)CCc1c-2oc(=O)c(C#N)c1N1CCOCC1. The molecule has 25 heavy (non-hydrogen) atoms. The van der Waals surface area contributed by atoms with Crippen molar-refractivity contribution in [3.05, 3.63) is 45.3 Å². The van der Waals surface area contributed by atoms with Crippen LogP contribution < -0.4 is 15.3 Å². The van der Waals surface area contributed by atoms with Crippen LogP contribution in [0.5, 0.6) is 5.75 Å². The number of methoxy groups -OCH3 is 1. The van der Waals surface area contributed by atoms with Crippen molar-refractivity contribution >= 4 is 5.69 Å². The molecule has 1 aromatic carbocycles. The summed E-state index contributed by atoms with van der Waals surface area (Å²) >= 11 is 0. The van der Waals surface area contributed by atoms with Crippen LogP contribution in [0.25, 0.3) is 11.3 Å². The first-order valence-corrected chi connectivity index (χ1v) is 8.33. The minimum absolute atomic E-state index is 0.0950. The molecule has 0 bridgehead atoms. The number of hydrogen-bond donors (Lipinski definition) is 0. The first-order chi connectivity index (χ1) is 12.2. The number of anilines is 1. The van der Waals surface area contributed by atoms with Crippen LogP contribution in [0.15, 0.2) is 27.4 Å². The monoisotopic (exact) mass is 338 g/mol. The number of fused-ring (bicyclic) bond motifs is 3. The maximum absolute atomic E-state index is 12.4. The summed E-state index contributed by atoms with van der Waals surface area (Å²) in [6.45, 7) is 2.52. The van der Waals surface area contributed by atoms with Gasteiger partial charge in [0.05, 0.1) is 26.0 Å². The van der Waals surface area contributed by atoms with E-state index in [1.165, 1.54) is 0 Å². The van der Waals surface area contributed by atoms with Gasteiger partial charge in [0.1, 0.15) is 17.6 Å². The van der Waals surface area contributed by atoms with Crippen molar-refractivity contribution in [3.8, 4) is 23.1 Å². The Morgan fingerprint density at radius 2 is 2.04 bits per heavy atom. The molecule has 4 rings (SSSR count). The van der Waals surface area contributed by atoms with Gasteiger partial charge >= 0.3 is 5.63 Å². The molecule has 1 saturated heterocycles. The van der Waals surface area contributed by atoms with E-state index in [4.69, 9.17) is 13.9 Å². The lowest BCUT2D eigenvalue weighted by Crippen LogP contribution is -2.38. The van der Waals surface area contributed by atoms with Gasteiger partial charge in [-0.3, -0.25) is 0 Å². The predicted octanol–water partition coefficient (Wildman–Crippen LogP) is 2.12. The summed E-state index contributed by atoms with van der Waals surface area (Å²) in [4.78, 5) is 14.5. The molecule has 1 aliphatic heterocycles. The molecule has 0 N–H and O–H groups in total. The lowest BCUT2D eigenvalue weighted by Gasteiger charge is -2.32. The fourth-order valence-corrected chi connectivity index (χ4v) is 3.63. The normalized spacial score (nSPS) is 15.9. The van der Waals surface area contributed by atoms with Crippen LogP contribution in [0.3, 0.4) is 0 Å². The van der Waals surface area contributed by atoms with Crippen LogP contribution in [0.4, 0.5) is 5.69 Å². The topological polar surface area (TPSA) is 75.7 Å². The molecule has 6 nitrogen and oxygen atoms in total. The van der Waals surface area contributed by atoms with Crippen molar-refractivity contribution < 1.29 is 13.9 Å². The van der Waals surface area contributed by atoms with Crippen LogP contribution in [0.2, 0.25) is 0 Å². The highest BCUT2D eigenvalue weighted by molar-refractivity contribution is 5.77. The standard InChI is InChI=1S/C19H18N2O4/c1-23-13-3-5-14-12(10-13)2-4-15-17(21-6-8-24-9-7-21)16(11-20)19(22)25-18(14)15/h3,5,10H,2,4,6-9H2,1H3. The van der Waals surface area contributed by atoms with Crippen molar-refractivity contribution in [1.29, 1.82) is 5.26 Å². The van der Waals surface area contributed by atoms with Crippen molar-refractivity contribution in [2.45, 2.75) is 12.8 Å². The van der Waals surface area contributed by atoms with Crippen LogP contribution in [0.1, 0.15) is 16.7 Å². The number of benzene rings is 1. The van der Waals surface area contributed by atoms with Gasteiger partial charge in [0.25, 0.3) is 0 Å². The zero-order valence-corrected chi connectivity index (χ0v) is 14.0. The van der Waals surface area contributed by atoms with E-state index in [1.54, 1.807) is 7.11 Å². The highest BCUT2D eigenvalue weighted by atomic mass is 16.5. The lowest BCUT2D eigenvalue weighted by atomic mass is 9.87. The summed E-state index contributed by atoms with van der Waals surface area (Å²) in [5, 5.41) is 9.51. The lowest BCUT2D eigenvalue weighted by molar-refractivity contribution is 0.122. The van der Waals surface area contributed by atoms with E-state index in [-0.39, 0.29) is 5.56 Å². The Bertz CT molecular complexity index is 920. The first kappa shape index (κ1) is 15.7. The molecule has 128 valence electrons. The number of ether oxygens (including phenoxy) is 2. The molecule has 0 amide bonds. The molecule has 1 aliphatic carbocycles. The first-order valence-electron chi connectivity index (χ1n) is 8.33. The van der Waals surface area contributed by atoms with E-state index in [1.807, 2.05) is 24.3 Å². The third-order valence-electron chi connectivity index (χ3n) is 4.84. The van der Waals surface area contributed by atoms with Gasteiger partial charge in [0, 0.05) is 24.2 Å². The number of rotatable bonds is 2. The third-order valence-corrected chi connectivity index (χ3v) is 4.84. The van der Waals surface area contributed by atoms with E-state index in [2.05, 4.69) is 4.90 Å². The van der Waals surface area contributed by atoms with Crippen molar-refractivity contribution in [2.75, 3.05) is 38.3 Å². The Labute approximate surface area is 145 Å². The molecule has 0 saturated carbocycles. The van der Waals surface area contributed by atoms with Gasteiger partial charge < -0.3 is 18.8 Å². The van der Waals surface area contributed by atoms with E-state index in [0.717, 1.165) is 41.0 Å². The van der Waals surface area contributed by atoms with Crippen LogP contribution in [-0.4, -0.2) is 33.4 Å². The quantitative estimate of drug-likeness (QED) is 0.835. The van der Waals surface area contributed by atoms with Gasteiger partial charge in [-0.2, -0.15) is 5.26 Å². The molecule has 2 aliphatic rings. The van der Waals surface area contributed by atoms with Crippen LogP contribution in [-0.2, 0) is 17.6 Å². The van der Waals surface area contributed by atoms with E-state index in [0.29, 0.717) is 32.1 Å². The Morgan fingerprint density at radius 1 is 1.24 bits per heavy atom. The maximum Gasteiger partial charge on any atom is 0.356 e. The summed E-state index contributed by atoms with van der Waals surface area (Å²) in [5.74, 6) is 1.36. The molecule has 0 atom stereocenters. The second-order valence-corrected chi connectivity index (χ2v) is 6.16. The second kappa shape index (κ2) is 6.26. The van der Waals surface area contributed by atoms with Crippen LogP contribution >= 0.6 is 0 Å². The van der Waals surface area contributed by atoms with Crippen molar-refractivity contribution in [3.63, 3.8) is 0 Å². The largest absolute Gasteiger partial charge is 0.497 e. The highest BCUT2D eigenvalue weighted by Crippen LogP contribution is 2.40. The molecule has 0 spiro atoms. The van der Waals surface area contributed by atoms with Gasteiger partial charge in [0.2, 0.25) is 0 Å². The minimum atomic E-state index is -0.577. The molecular weight excluding hydrogens is 320 g/mol. The Hall–Kier alpha value is -2.78. The maximum atomic E-state index is 12.4. The molecule has 2 aromatic rings. The molecule has 2 heterocycles. The van der Waals surface area contributed by atoms with E-state index in [9.17, 15) is 10.1 Å². The molecule has 1 fully saturated rings. The smallest absolute Gasteiger partial charge is 0.356 e. The average molecular weight is 338 g/mol. The van der Waals surface area contributed by atoms with Gasteiger partial charge in [-0.25, -0.2) is 4.79 Å². The average Bonchev–Trinajstić information content (AvgIpc) is 2.67. The Kier molecular flexibility index (Phi) is 3.94. The summed E-state index contributed by atoms with van der Waals surface area (Å²) in [6.07, 6.45) is 1.54. The Balaban J connectivity index is 1.93. The minimum Gasteiger partial charge on any atom is -0.497 e. The molecular formula is C19H18N2O4. The molecule has 0 unspecified atom stereocenters. The second-order valence-electron chi connectivity index (χ2n) is 6.16. The number of nitrogens with zero attached hydrogens (tertiary/aromatic N) is 2. The van der Waals surface area contributed by atoms with Crippen molar-refractivity contribution in [1.82, 2.24) is 0 Å². The van der Waals surface area contributed by atoms with Gasteiger partial charge in [-0.05, 0) is 36.6 Å². The molecule has 6 heteroatoms. The number of morpholine rings is 1. The summed E-state index contributed by atoms with van der Waals surface area (Å²) in [5.41, 5.74) is 3.17. The zero-order chi connectivity index (χ0) is 17.4. The molecule has 0 radical (unpaired) electrons. The zero-order valence-electron chi connectivity index (χ0n) is 14.0. The summed E-state index contributed by atoms with van der Waals surface area (Å²) in [6, 6.07) is 7.80. The van der Waals surface area contributed by atoms with Crippen LogP contribution in [0, 0.1) is 11.3 Å².